The van der Waals surface area contributed by atoms with Gasteiger partial charge in [-0.05, 0) is 44.1 Å². The second kappa shape index (κ2) is 4.49. The molecule has 0 radical (unpaired) electrons. The van der Waals surface area contributed by atoms with E-state index < -0.39 is 0 Å². The van der Waals surface area contributed by atoms with Crippen molar-refractivity contribution < 1.29 is 9.53 Å². The Morgan fingerprint density at radius 2 is 1.93 bits per heavy atom. The van der Waals surface area contributed by atoms with Gasteiger partial charge in [0.25, 0.3) is 0 Å². The van der Waals surface area contributed by atoms with Gasteiger partial charge in [0.15, 0.2) is 0 Å². The van der Waals surface area contributed by atoms with Crippen LogP contribution in [-0.2, 0) is 9.53 Å². The fourth-order valence-electron chi connectivity index (χ4n) is 1.19. The lowest BCUT2D eigenvalue weighted by atomic mass is 10.2. The number of carbonyl (C=O) groups is 1. The molecule has 1 aliphatic heterocycles. The summed E-state index contributed by atoms with van der Waals surface area (Å²) < 4.78 is 6.47. The zero-order chi connectivity index (χ0) is 10.8. The molecule has 0 aromatic heterocycles. The number of hydrogen-bond donors (Lipinski definition) is 0. The van der Waals surface area contributed by atoms with Crippen LogP contribution >= 0.6 is 38.5 Å². The average Bonchev–Trinajstić information content (AvgIpc) is 2.59. The molecule has 76 valence electrons. The lowest BCUT2D eigenvalue weighted by molar-refractivity contribution is -0.132. The number of esters is 1. The van der Waals surface area contributed by atoms with E-state index in [4.69, 9.17) is 4.74 Å². The van der Waals surface area contributed by atoms with E-state index in [0.717, 1.165) is 9.14 Å². The molecular formula is C11H6BrIO2. The van der Waals surface area contributed by atoms with Crippen molar-refractivity contribution in [1.82, 2.24) is 0 Å². The Hall–Kier alpha value is -0.620. The van der Waals surface area contributed by atoms with Gasteiger partial charge in [0.05, 0.1) is 3.58 Å². The maximum absolute atomic E-state index is 11.1. The third kappa shape index (κ3) is 2.31. The van der Waals surface area contributed by atoms with Gasteiger partial charge < -0.3 is 4.74 Å². The van der Waals surface area contributed by atoms with E-state index in [-0.39, 0.29) is 5.97 Å². The number of rotatable bonds is 1. The maximum Gasteiger partial charge on any atom is 0.350 e. The third-order valence-corrected chi connectivity index (χ3v) is 3.61. The molecule has 1 heterocycles. The van der Waals surface area contributed by atoms with Crippen LogP contribution in [0.5, 0.6) is 0 Å². The highest BCUT2D eigenvalue weighted by molar-refractivity contribution is 14.1. The van der Waals surface area contributed by atoms with Gasteiger partial charge in [0.2, 0.25) is 0 Å². The molecule has 0 N–H and O–H groups in total. The molecule has 1 aromatic rings. The molecule has 2 rings (SSSR count). The van der Waals surface area contributed by atoms with E-state index in [0.29, 0.717) is 10.2 Å². The van der Waals surface area contributed by atoms with Crippen molar-refractivity contribution >= 4 is 48.1 Å². The molecule has 15 heavy (non-hydrogen) atoms. The zero-order valence-electron chi connectivity index (χ0n) is 7.54. The minimum Gasteiger partial charge on any atom is -0.421 e. The van der Waals surface area contributed by atoms with Crippen molar-refractivity contribution in [3.8, 4) is 0 Å². The molecule has 1 aliphatic rings. The van der Waals surface area contributed by atoms with Gasteiger partial charge in [-0.1, -0.05) is 30.3 Å². The van der Waals surface area contributed by atoms with Crippen LogP contribution in [0.4, 0.5) is 0 Å². The summed E-state index contributed by atoms with van der Waals surface area (Å²) in [5, 5.41) is 0. The van der Waals surface area contributed by atoms with Crippen LogP contribution in [0.3, 0.4) is 0 Å². The lowest BCUT2D eigenvalue weighted by Crippen LogP contribution is -1.94. The van der Waals surface area contributed by atoms with Gasteiger partial charge in [-0.25, -0.2) is 4.79 Å². The van der Waals surface area contributed by atoms with Gasteiger partial charge in [-0.15, -0.1) is 0 Å². The molecule has 4 heteroatoms. The van der Waals surface area contributed by atoms with Crippen molar-refractivity contribution in [1.29, 1.82) is 0 Å². The summed E-state index contributed by atoms with van der Waals surface area (Å²) in [5.74, 6) is 0.258. The van der Waals surface area contributed by atoms with Crippen LogP contribution < -0.4 is 0 Å². The van der Waals surface area contributed by atoms with E-state index >= 15 is 0 Å². The summed E-state index contributed by atoms with van der Waals surface area (Å²) >= 11 is 5.30. The molecule has 0 bridgehead atoms. The number of benzene rings is 1. The van der Waals surface area contributed by atoms with Crippen LogP contribution in [0.25, 0.3) is 3.58 Å². The monoisotopic (exact) mass is 376 g/mol. The van der Waals surface area contributed by atoms with Crippen LogP contribution in [-0.4, -0.2) is 5.97 Å². The number of carbonyl (C=O) groups excluding carboxylic acids is 1. The topological polar surface area (TPSA) is 26.3 Å². The normalized spacial score (nSPS) is 18.5. The number of allylic oxidation sites excluding steroid dienone is 1. The highest BCUT2D eigenvalue weighted by Gasteiger charge is 2.21. The molecule has 0 saturated carbocycles. The molecular weight excluding hydrogens is 371 g/mol. The standard InChI is InChI=1S/C11H6BrIO2/c12-8-6-9(15-11(8)14)10(13)7-4-2-1-3-5-7/h1-6H/b10-9+. The first-order valence-corrected chi connectivity index (χ1v) is 6.10. The number of hydrogen-bond acceptors (Lipinski definition) is 2. The van der Waals surface area contributed by atoms with Crippen molar-refractivity contribution in [3.05, 3.63) is 52.2 Å². The van der Waals surface area contributed by atoms with Crippen molar-refractivity contribution in [2.45, 2.75) is 0 Å². The second-order valence-electron chi connectivity index (χ2n) is 2.93. The molecule has 0 amide bonds. The number of cyclic esters (lactones) is 1. The Morgan fingerprint density at radius 3 is 2.47 bits per heavy atom. The summed E-state index contributed by atoms with van der Waals surface area (Å²) in [4.78, 5) is 11.1. The minimum absolute atomic E-state index is 0.338. The summed E-state index contributed by atoms with van der Waals surface area (Å²) in [5.41, 5.74) is 1.04. The summed E-state index contributed by atoms with van der Waals surface area (Å²) in [6.45, 7) is 0. The average molecular weight is 377 g/mol. The van der Waals surface area contributed by atoms with Crippen molar-refractivity contribution in [2.24, 2.45) is 0 Å². The predicted octanol–water partition coefficient (Wildman–Crippen LogP) is 3.63. The van der Waals surface area contributed by atoms with Crippen LogP contribution in [0.2, 0.25) is 0 Å². The van der Waals surface area contributed by atoms with Crippen molar-refractivity contribution in [2.75, 3.05) is 0 Å². The van der Waals surface area contributed by atoms with Gasteiger partial charge in [-0.3, -0.25) is 0 Å². The van der Waals surface area contributed by atoms with E-state index in [9.17, 15) is 4.79 Å². The molecule has 0 aliphatic carbocycles. The Balaban J connectivity index is 2.40. The summed E-state index contributed by atoms with van der Waals surface area (Å²) in [6.07, 6.45) is 1.69. The smallest absolute Gasteiger partial charge is 0.350 e. The van der Waals surface area contributed by atoms with Gasteiger partial charge in [-0.2, -0.15) is 0 Å². The Bertz CT molecular complexity index is 463. The summed E-state index contributed by atoms with van der Waals surface area (Å²) in [6, 6.07) is 9.80. The Labute approximate surface area is 109 Å². The minimum atomic E-state index is -0.338. The third-order valence-electron chi connectivity index (χ3n) is 1.90. The van der Waals surface area contributed by atoms with Crippen molar-refractivity contribution in [3.63, 3.8) is 0 Å². The van der Waals surface area contributed by atoms with E-state index in [1.165, 1.54) is 0 Å². The predicted molar refractivity (Wildman–Crippen MR) is 70.5 cm³/mol. The SMILES string of the molecule is O=C1O/C(=C(/I)c2ccccc2)C=C1Br. The fourth-order valence-corrected chi connectivity index (χ4v) is 2.10. The molecule has 2 nitrogen and oxygen atoms in total. The first kappa shape index (κ1) is 10.9. The summed E-state index contributed by atoms with van der Waals surface area (Å²) in [7, 11) is 0. The van der Waals surface area contributed by atoms with Crippen LogP contribution in [0, 0.1) is 0 Å². The van der Waals surface area contributed by atoms with Crippen LogP contribution in [0.1, 0.15) is 5.56 Å². The molecule has 0 saturated heterocycles. The van der Waals surface area contributed by atoms with Gasteiger partial charge >= 0.3 is 5.97 Å². The largest absolute Gasteiger partial charge is 0.421 e. The van der Waals surface area contributed by atoms with Crippen LogP contribution in [0.15, 0.2) is 46.6 Å². The van der Waals surface area contributed by atoms with E-state index in [1.54, 1.807) is 6.08 Å². The molecule has 1 aromatic carbocycles. The number of halogens is 2. The quantitative estimate of drug-likeness (QED) is 0.552. The maximum atomic E-state index is 11.1. The molecule has 0 unspecified atom stereocenters. The first-order valence-electron chi connectivity index (χ1n) is 4.23. The van der Waals surface area contributed by atoms with E-state index in [2.05, 4.69) is 38.5 Å². The first-order chi connectivity index (χ1) is 7.18. The second-order valence-corrected chi connectivity index (χ2v) is 4.86. The Morgan fingerprint density at radius 1 is 1.27 bits per heavy atom. The number of ether oxygens (including phenoxy) is 1. The van der Waals surface area contributed by atoms with Gasteiger partial charge in [0, 0.05) is 6.08 Å². The molecule has 0 atom stereocenters. The zero-order valence-corrected chi connectivity index (χ0v) is 11.3. The highest BCUT2D eigenvalue weighted by Crippen LogP contribution is 2.32. The molecule has 0 spiro atoms. The highest BCUT2D eigenvalue weighted by atomic mass is 127. The van der Waals surface area contributed by atoms with E-state index in [1.807, 2.05) is 30.3 Å². The van der Waals surface area contributed by atoms with Gasteiger partial charge in [0.1, 0.15) is 10.2 Å². The Kier molecular flexibility index (Phi) is 3.25. The fraction of sp³-hybridized carbons (Fsp3) is 0. The molecule has 0 fully saturated rings. The lowest BCUT2D eigenvalue weighted by Gasteiger charge is -2.02.